The van der Waals surface area contributed by atoms with E-state index in [2.05, 4.69) is 5.32 Å². The minimum Gasteiger partial charge on any atom is -0.338 e. The highest BCUT2D eigenvalue weighted by molar-refractivity contribution is 5.95. The molecule has 0 spiro atoms. The molecule has 2 fully saturated rings. The van der Waals surface area contributed by atoms with E-state index in [9.17, 15) is 18.0 Å². The third kappa shape index (κ3) is 4.71. The van der Waals surface area contributed by atoms with Crippen LogP contribution in [-0.2, 0) is 0 Å². The van der Waals surface area contributed by atoms with Crippen molar-refractivity contribution in [3.63, 3.8) is 0 Å². The summed E-state index contributed by atoms with van der Waals surface area (Å²) in [5.41, 5.74) is 2.61. The van der Waals surface area contributed by atoms with Crippen LogP contribution in [0.15, 0.2) is 18.2 Å². The first-order chi connectivity index (χ1) is 11.9. The Hall–Kier alpha value is -1.27. The van der Waals surface area contributed by atoms with Crippen LogP contribution >= 0.6 is 12.4 Å². The van der Waals surface area contributed by atoms with Gasteiger partial charge in [0.1, 0.15) is 0 Å². The number of nitrogens with zero attached hydrogens (tertiary/aromatic N) is 1. The van der Waals surface area contributed by atoms with E-state index in [0.29, 0.717) is 24.4 Å². The van der Waals surface area contributed by atoms with Crippen molar-refractivity contribution in [3.05, 3.63) is 34.9 Å². The molecule has 146 valence electrons. The summed E-state index contributed by atoms with van der Waals surface area (Å²) < 4.78 is 38.9. The first-order valence-electron chi connectivity index (χ1n) is 9.03. The molecule has 0 radical (unpaired) electrons. The molecular formula is C19H26ClF3N2O. The molecule has 1 N–H and O–H groups in total. The van der Waals surface area contributed by atoms with Gasteiger partial charge >= 0.3 is 6.18 Å². The van der Waals surface area contributed by atoms with E-state index >= 15 is 0 Å². The Morgan fingerprint density at radius 2 is 1.88 bits per heavy atom. The second kappa shape index (κ2) is 8.61. The normalized spacial score (nSPS) is 22.0. The van der Waals surface area contributed by atoms with Gasteiger partial charge in [0.2, 0.25) is 0 Å². The van der Waals surface area contributed by atoms with Crippen LogP contribution < -0.4 is 5.32 Å². The summed E-state index contributed by atoms with van der Waals surface area (Å²) in [5.74, 6) is -1.18. The van der Waals surface area contributed by atoms with Crippen molar-refractivity contribution in [1.82, 2.24) is 10.2 Å². The van der Waals surface area contributed by atoms with Gasteiger partial charge in [-0.1, -0.05) is 12.1 Å². The number of carbonyl (C=O) groups excluding carboxylic acids is 1. The molecule has 26 heavy (non-hydrogen) atoms. The summed E-state index contributed by atoms with van der Waals surface area (Å²) in [6.45, 7) is 4.05. The van der Waals surface area contributed by atoms with Crippen LogP contribution in [0.4, 0.5) is 13.2 Å². The smallest absolute Gasteiger partial charge is 0.338 e. The summed E-state index contributed by atoms with van der Waals surface area (Å²) in [7, 11) is 0. The van der Waals surface area contributed by atoms with Crippen LogP contribution in [0.2, 0.25) is 0 Å². The number of rotatable bonds is 2. The van der Waals surface area contributed by atoms with E-state index in [1.807, 2.05) is 19.1 Å². The fourth-order valence-electron chi connectivity index (χ4n) is 3.94. The van der Waals surface area contributed by atoms with E-state index in [4.69, 9.17) is 0 Å². The summed E-state index contributed by atoms with van der Waals surface area (Å²) in [4.78, 5) is 14.1. The molecule has 0 aromatic heterocycles. The maximum absolute atomic E-state index is 13.0. The SMILES string of the molecule is Cc1cc(C2CCNCC2)ccc1C(=O)N1CCCC(C(F)(F)F)C1.Cl. The van der Waals surface area contributed by atoms with Gasteiger partial charge in [-0.25, -0.2) is 0 Å². The lowest BCUT2D eigenvalue weighted by Gasteiger charge is -2.34. The maximum Gasteiger partial charge on any atom is 0.393 e. The summed E-state index contributed by atoms with van der Waals surface area (Å²) >= 11 is 0. The van der Waals surface area contributed by atoms with Gasteiger partial charge in [0.25, 0.3) is 5.91 Å². The molecule has 2 aliphatic rings. The number of likely N-dealkylation sites (tertiary alicyclic amines) is 1. The molecule has 3 rings (SSSR count). The molecule has 2 aliphatic heterocycles. The Kier molecular flexibility index (Phi) is 6.97. The van der Waals surface area contributed by atoms with Gasteiger partial charge in [-0.2, -0.15) is 13.2 Å². The standard InChI is InChI=1S/C19H25F3N2O.ClH/c1-13-11-15(14-6-8-23-9-7-14)4-5-17(13)18(25)24-10-2-3-16(12-24)19(20,21)22;/h4-5,11,14,16,23H,2-3,6-10,12H2,1H3;1H. The number of carbonyl (C=O) groups is 1. The molecular weight excluding hydrogens is 365 g/mol. The van der Waals surface area contributed by atoms with Gasteiger partial charge in [-0.15, -0.1) is 12.4 Å². The largest absolute Gasteiger partial charge is 0.393 e. The number of nitrogens with one attached hydrogen (secondary N) is 1. The topological polar surface area (TPSA) is 32.3 Å². The zero-order valence-electron chi connectivity index (χ0n) is 14.9. The van der Waals surface area contributed by atoms with E-state index in [1.54, 1.807) is 6.07 Å². The van der Waals surface area contributed by atoms with Crippen LogP contribution in [0.25, 0.3) is 0 Å². The summed E-state index contributed by atoms with van der Waals surface area (Å²) in [6, 6.07) is 5.81. The van der Waals surface area contributed by atoms with Crippen molar-refractivity contribution in [2.45, 2.75) is 44.7 Å². The van der Waals surface area contributed by atoms with E-state index < -0.39 is 12.1 Å². The lowest BCUT2D eigenvalue weighted by atomic mass is 9.88. The molecule has 3 nitrogen and oxygen atoms in total. The predicted molar refractivity (Wildman–Crippen MR) is 98.0 cm³/mol. The van der Waals surface area contributed by atoms with Crippen molar-refractivity contribution in [3.8, 4) is 0 Å². The summed E-state index contributed by atoms with van der Waals surface area (Å²) in [6.07, 6.45) is -1.56. The number of halogens is 4. The second-order valence-electron chi connectivity index (χ2n) is 7.23. The Morgan fingerprint density at radius 1 is 1.19 bits per heavy atom. The summed E-state index contributed by atoms with van der Waals surface area (Å²) in [5, 5.41) is 3.34. The average Bonchev–Trinajstić information content (AvgIpc) is 2.61. The van der Waals surface area contributed by atoms with Gasteiger partial charge < -0.3 is 10.2 Å². The molecule has 1 unspecified atom stereocenters. The van der Waals surface area contributed by atoms with Crippen molar-refractivity contribution < 1.29 is 18.0 Å². The van der Waals surface area contributed by atoms with Crippen molar-refractivity contribution in [2.24, 2.45) is 5.92 Å². The monoisotopic (exact) mass is 390 g/mol. The Labute approximate surface area is 158 Å². The first kappa shape index (κ1) is 21.0. The van der Waals surface area contributed by atoms with Gasteiger partial charge in [0.15, 0.2) is 0 Å². The highest BCUT2D eigenvalue weighted by Crippen LogP contribution is 2.34. The molecule has 0 saturated carbocycles. The average molecular weight is 391 g/mol. The van der Waals surface area contributed by atoms with E-state index in [1.165, 1.54) is 10.5 Å². The minimum absolute atomic E-state index is 0. The molecule has 1 aromatic carbocycles. The van der Waals surface area contributed by atoms with Crippen LogP contribution in [0.3, 0.4) is 0 Å². The van der Waals surface area contributed by atoms with Crippen molar-refractivity contribution >= 4 is 18.3 Å². The number of hydrogen-bond acceptors (Lipinski definition) is 2. The lowest BCUT2D eigenvalue weighted by Crippen LogP contribution is -2.44. The van der Waals surface area contributed by atoms with Crippen LogP contribution in [0, 0.1) is 12.8 Å². The molecule has 7 heteroatoms. The van der Waals surface area contributed by atoms with Crippen LogP contribution in [0.5, 0.6) is 0 Å². The van der Waals surface area contributed by atoms with E-state index in [0.717, 1.165) is 31.5 Å². The lowest BCUT2D eigenvalue weighted by molar-refractivity contribution is -0.184. The van der Waals surface area contributed by atoms with Gasteiger partial charge in [-0.05, 0) is 68.8 Å². The molecule has 2 heterocycles. The molecule has 1 atom stereocenters. The second-order valence-corrected chi connectivity index (χ2v) is 7.23. The number of hydrogen-bond donors (Lipinski definition) is 1. The molecule has 1 aromatic rings. The van der Waals surface area contributed by atoms with Crippen molar-refractivity contribution in [1.29, 1.82) is 0 Å². The molecule has 0 bridgehead atoms. The van der Waals surface area contributed by atoms with Gasteiger partial charge in [-0.3, -0.25) is 4.79 Å². The van der Waals surface area contributed by atoms with Crippen molar-refractivity contribution in [2.75, 3.05) is 26.2 Å². The van der Waals surface area contributed by atoms with Crippen LogP contribution in [0.1, 0.15) is 53.1 Å². The third-order valence-electron chi connectivity index (χ3n) is 5.46. The fourth-order valence-corrected chi connectivity index (χ4v) is 3.94. The molecule has 1 amide bonds. The van der Waals surface area contributed by atoms with Crippen LogP contribution in [-0.4, -0.2) is 43.2 Å². The number of alkyl halides is 3. The fraction of sp³-hybridized carbons (Fsp3) is 0.632. The van der Waals surface area contributed by atoms with Gasteiger partial charge in [0, 0.05) is 18.7 Å². The highest BCUT2D eigenvalue weighted by Gasteiger charge is 2.42. The maximum atomic E-state index is 13.0. The Morgan fingerprint density at radius 3 is 2.50 bits per heavy atom. The Bertz CT molecular complexity index is 630. The third-order valence-corrected chi connectivity index (χ3v) is 5.46. The first-order valence-corrected chi connectivity index (χ1v) is 9.03. The number of amides is 1. The zero-order valence-corrected chi connectivity index (χ0v) is 15.8. The number of piperidine rings is 2. The van der Waals surface area contributed by atoms with E-state index in [-0.39, 0.29) is 31.3 Å². The Balaban J connectivity index is 0.00000243. The molecule has 2 saturated heterocycles. The number of aryl methyl sites for hydroxylation is 1. The quantitative estimate of drug-likeness (QED) is 0.816. The minimum atomic E-state index is -4.23. The molecule has 0 aliphatic carbocycles. The zero-order chi connectivity index (χ0) is 18.0. The highest BCUT2D eigenvalue weighted by atomic mass is 35.5. The predicted octanol–water partition coefficient (Wildman–Crippen LogP) is 4.30. The number of benzene rings is 1. The van der Waals surface area contributed by atoms with Gasteiger partial charge in [0.05, 0.1) is 5.92 Å².